The van der Waals surface area contributed by atoms with Crippen LogP contribution in [0.3, 0.4) is 0 Å². The highest BCUT2D eigenvalue weighted by molar-refractivity contribution is 7.92. The molecule has 2 aromatic heterocycles. The maximum Gasteiger partial charge on any atom is 0.264 e. The van der Waals surface area contributed by atoms with Crippen LogP contribution in [-0.2, 0) is 34.3 Å². The molecule has 0 amide bonds. The maximum absolute atomic E-state index is 13.9. The van der Waals surface area contributed by atoms with Gasteiger partial charge in [-0.1, -0.05) is 65.0 Å². The van der Waals surface area contributed by atoms with E-state index < -0.39 is 10.0 Å². The minimum Gasteiger partial charge on any atom is -0.476 e. The van der Waals surface area contributed by atoms with Crippen molar-refractivity contribution in [2.24, 2.45) is 11.3 Å². The van der Waals surface area contributed by atoms with Crippen LogP contribution in [0.2, 0.25) is 0 Å². The van der Waals surface area contributed by atoms with Gasteiger partial charge in [-0.25, -0.2) is 28.1 Å². The summed E-state index contributed by atoms with van der Waals surface area (Å²) in [7, 11) is -4.03. The number of nitrogens with one attached hydrogen (secondary N) is 1. The molecular weight excluding hydrogens is 663 g/mol. The van der Waals surface area contributed by atoms with E-state index >= 15 is 0 Å². The molecule has 2 aliphatic heterocycles. The van der Waals surface area contributed by atoms with Crippen LogP contribution >= 0.6 is 0 Å². The molecule has 4 heterocycles. The van der Waals surface area contributed by atoms with Crippen molar-refractivity contribution < 1.29 is 17.9 Å². The van der Waals surface area contributed by atoms with E-state index in [1.807, 2.05) is 25.4 Å². The zero-order chi connectivity index (χ0) is 36.3. The molecule has 0 unspecified atom stereocenters. The Hall–Kier alpha value is -4.13. The molecule has 4 aromatic rings. The number of fused-ring (bicyclic) bond motifs is 4. The summed E-state index contributed by atoms with van der Waals surface area (Å²) in [6.07, 6.45) is 5.42. The summed E-state index contributed by atoms with van der Waals surface area (Å²) < 4.78 is 42.7. The first-order valence-electron chi connectivity index (χ1n) is 17.9. The van der Waals surface area contributed by atoms with E-state index in [1.165, 1.54) is 0 Å². The van der Waals surface area contributed by atoms with Crippen molar-refractivity contribution >= 4 is 21.7 Å². The zero-order valence-corrected chi connectivity index (χ0v) is 31.8. The first-order valence-corrected chi connectivity index (χ1v) is 19.3. The summed E-state index contributed by atoms with van der Waals surface area (Å²) >= 11 is 0. The van der Waals surface area contributed by atoms with Crippen molar-refractivity contribution in [2.75, 3.05) is 42.5 Å². The van der Waals surface area contributed by atoms with E-state index in [0.29, 0.717) is 56.2 Å². The molecule has 6 rings (SSSR count). The Morgan fingerprint density at radius 3 is 2.43 bits per heavy atom. The van der Waals surface area contributed by atoms with Crippen molar-refractivity contribution in [2.45, 2.75) is 85.3 Å². The molecule has 2 aromatic carbocycles. The van der Waals surface area contributed by atoms with Gasteiger partial charge in [0, 0.05) is 36.8 Å². The standard InChI is InChI=1S/C39H51N7O4S/c1-26(2)18-30-12-8-10-27(3)35(30)36-28(4)37-43-38(42-36)44-51(47,48)33-13-9-11-29(19-33)23-46(31(25-50-37)20-39(5,6)7)24-34-40-21-32(22-41-34)45-14-16-49-17-15-45/h8-13,19,21-22,26,31H,14-18,20,23-25H2,1-7H3,(H,42,43,44)/t31-/m1/s1. The molecule has 272 valence electrons. The van der Waals surface area contributed by atoms with Crippen LogP contribution in [0.15, 0.2) is 59.8 Å². The highest BCUT2D eigenvalue weighted by Gasteiger charge is 2.29. The Labute approximate surface area is 302 Å². The van der Waals surface area contributed by atoms with Gasteiger partial charge in [-0.2, -0.15) is 4.98 Å². The Balaban J connectivity index is 1.44. The van der Waals surface area contributed by atoms with E-state index in [1.54, 1.807) is 18.2 Å². The number of anilines is 2. The molecule has 11 nitrogen and oxygen atoms in total. The van der Waals surface area contributed by atoms with Crippen LogP contribution in [0.25, 0.3) is 11.3 Å². The number of aryl methyl sites for hydroxylation is 1. The maximum atomic E-state index is 13.9. The van der Waals surface area contributed by atoms with E-state index in [2.05, 4.69) is 74.3 Å². The second-order valence-electron chi connectivity index (χ2n) is 15.4. The highest BCUT2D eigenvalue weighted by atomic mass is 32.2. The molecule has 1 N–H and O–H groups in total. The first kappa shape index (κ1) is 36.7. The number of rotatable bonds is 7. The van der Waals surface area contributed by atoms with E-state index in [-0.39, 0.29) is 22.3 Å². The lowest BCUT2D eigenvalue weighted by Crippen LogP contribution is -2.41. The Morgan fingerprint density at radius 2 is 1.73 bits per heavy atom. The highest BCUT2D eigenvalue weighted by Crippen LogP contribution is 2.36. The minimum atomic E-state index is -4.03. The Morgan fingerprint density at radius 1 is 1.00 bits per heavy atom. The van der Waals surface area contributed by atoms with Crippen LogP contribution in [0.4, 0.5) is 11.6 Å². The SMILES string of the molecule is Cc1cccc(CC(C)C)c1-c1nc2nc(c1C)OC[C@@H](CC(C)(C)C)N(Cc1ncc(N3CCOCC3)cn1)Cc1cccc(c1)S(=O)(=O)N2. The molecule has 12 heteroatoms. The molecule has 0 spiro atoms. The molecule has 1 fully saturated rings. The lowest BCUT2D eigenvalue weighted by molar-refractivity contribution is 0.0832. The second kappa shape index (κ2) is 15.2. The molecule has 1 saturated heterocycles. The predicted molar refractivity (Wildman–Crippen MR) is 200 cm³/mol. The number of benzene rings is 2. The fourth-order valence-corrected chi connectivity index (χ4v) is 7.93. The quantitative estimate of drug-likeness (QED) is 0.225. The van der Waals surface area contributed by atoms with Crippen LogP contribution in [0.1, 0.15) is 69.1 Å². The number of aromatic nitrogens is 4. The number of sulfonamides is 1. The van der Waals surface area contributed by atoms with Gasteiger partial charge in [0.05, 0.1) is 48.4 Å². The zero-order valence-electron chi connectivity index (χ0n) is 30.9. The third kappa shape index (κ3) is 9.03. The van der Waals surface area contributed by atoms with Gasteiger partial charge in [0.1, 0.15) is 12.4 Å². The number of nitrogens with zero attached hydrogens (tertiary/aromatic N) is 6. The second-order valence-corrected chi connectivity index (χ2v) is 17.1. The van der Waals surface area contributed by atoms with E-state index in [4.69, 9.17) is 29.4 Å². The summed E-state index contributed by atoms with van der Waals surface area (Å²) in [5, 5.41) is 0. The largest absolute Gasteiger partial charge is 0.476 e. The molecule has 2 aliphatic rings. The summed E-state index contributed by atoms with van der Waals surface area (Å²) in [6, 6.07) is 13.2. The third-order valence-corrected chi connectivity index (χ3v) is 10.7. The summed E-state index contributed by atoms with van der Waals surface area (Å²) in [5.74, 6) is 1.43. The Kier molecular flexibility index (Phi) is 10.9. The van der Waals surface area contributed by atoms with Gasteiger partial charge < -0.3 is 14.4 Å². The number of ether oxygens (including phenoxy) is 2. The number of hydrogen-bond donors (Lipinski definition) is 1. The van der Waals surface area contributed by atoms with Gasteiger partial charge in [-0.3, -0.25) is 4.90 Å². The Bertz CT molecular complexity index is 1940. The monoisotopic (exact) mass is 713 g/mol. The fraction of sp³-hybridized carbons (Fsp3) is 0.487. The van der Waals surface area contributed by atoms with E-state index in [0.717, 1.165) is 59.4 Å². The fourth-order valence-electron chi connectivity index (χ4n) is 6.91. The molecule has 0 saturated carbocycles. The number of hydrogen-bond acceptors (Lipinski definition) is 10. The summed E-state index contributed by atoms with van der Waals surface area (Å²) in [5.41, 5.74) is 6.38. The number of morpholine rings is 1. The van der Waals surface area contributed by atoms with Gasteiger partial charge in [-0.15, -0.1) is 0 Å². The lowest BCUT2D eigenvalue weighted by atomic mass is 9.87. The van der Waals surface area contributed by atoms with Crippen molar-refractivity contribution in [3.8, 4) is 17.1 Å². The van der Waals surface area contributed by atoms with E-state index in [9.17, 15) is 8.42 Å². The summed E-state index contributed by atoms with van der Waals surface area (Å²) in [4.78, 5) is 23.8. The van der Waals surface area contributed by atoms with Crippen molar-refractivity contribution in [3.05, 3.63) is 82.9 Å². The lowest BCUT2D eigenvalue weighted by Gasteiger charge is -2.35. The molecule has 1 atom stereocenters. The topological polar surface area (TPSA) is 123 Å². The van der Waals surface area contributed by atoms with Crippen LogP contribution in [0, 0.1) is 25.2 Å². The van der Waals surface area contributed by atoms with Crippen molar-refractivity contribution in [3.63, 3.8) is 0 Å². The average Bonchev–Trinajstić information content (AvgIpc) is 3.08. The predicted octanol–water partition coefficient (Wildman–Crippen LogP) is 6.59. The third-order valence-electron chi connectivity index (χ3n) is 9.33. The summed E-state index contributed by atoms with van der Waals surface area (Å²) in [6.45, 7) is 19.3. The normalized spacial score (nSPS) is 18.3. The molecule has 0 aliphatic carbocycles. The molecule has 0 radical (unpaired) electrons. The van der Waals surface area contributed by atoms with Crippen LogP contribution in [-0.4, -0.2) is 72.2 Å². The molecular formula is C39H51N7O4S. The molecule has 4 bridgehead atoms. The smallest absolute Gasteiger partial charge is 0.264 e. The first-order chi connectivity index (χ1) is 24.3. The van der Waals surface area contributed by atoms with Crippen LogP contribution < -0.4 is 14.4 Å². The molecule has 51 heavy (non-hydrogen) atoms. The minimum absolute atomic E-state index is 0.0213. The van der Waals surface area contributed by atoms with Crippen LogP contribution in [0.5, 0.6) is 5.88 Å². The average molecular weight is 714 g/mol. The van der Waals surface area contributed by atoms with Gasteiger partial charge in [0.2, 0.25) is 11.8 Å². The van der Waals surface area contributed by atoms with Gasteiger partial charge in [0.25, 0.3) is 10.0 Å². The van der Waals surface area contributed by atoms with Crippen molar-refractivity contribution in [1.29, 1.82) is 0 Å². The van der Waals surface area contributed by atoms with Gasteiger partial charge in [0.15, 0.2) is 0 Å². The van der Waals surface area contributed by atoms with Crippen molar-refractivity contribution in [1.82, 2.24) is 24.8 Å². The van der Waals surface area contributed by atoms with Gasteiger partial charge in [-0.05, 0) is 66.8 Å². The van der Waals surface area contributed by atoms with Gasteiger partial charge >= 0.3 is 0 Å².